The normalized spacial score (nSPS) is 11.4. The van der Waals surface area contributed by atoms with Crippen LogP contribution in [0.2, 0.25) is 0 Å². The third-order valence-corrected chi connectivity index (χ3v) is 4.48. The van der Waals surface area contributed by atoms with Gasteiger partial charge in [-0.1, -0.05) is 36.4 Å². The van der Waals surface area contributed by atoms with Gasteiger partial charge in [0.1, 0.15) is 6.54 Å². The van der Waals surface area contributed by atoms with E-state index < -0.39 is 10.0 Å². The second-order valence-electron chi connectivity index (χ2n) is 5.11. The summed E-state index contributed by atoms with van der Waals surface area (Å²) in [6.07, 6.45) is 1.09. The predicted octanol–water partition coefficient (Wildman–Crippen LogP) is 1.37. The number of methoxy groups -OCH3 is 1. The van der Waals surface area contributed by atoms with Crippen molar-refractivity contribution in [3.63, 3.8) is 0 Å². The molecule has 0 saturated carbocycles. The van der Waals surface area contributed by atoms with Crippen molar-refractivity contribution in [1.29, 1.82) is 0 Å². The highest BCUT2D eigenvalue weighted by atomic mass is 32.2. The van der Waals surface area contributed by atoms with Crippen LogP contribution in [0, 0.1) is 0 Å². The number of ether oxygens (including phenoxy) is 1. The number of rotatable bonds is 7. The average Bonchev–Trinajstić information content (AvgIpc) is 2.51. The Bertz CT molecular complexity index is 784. The Balaban J connectivity index is 2.34. The summed E-state index contributed by atoms with van der Waals surface area (Å²) in [5, 5.41) is 4.33. The van der Waals surface area contributed by atoms with Crippen molar-refractivity contribution in [2.75, 3.05) is 37.4 Å². The summed E-state index contributed by atoms with van der Waals surface area (Å²) in [6.45, 7) is 0.442. The summed E-state index contributed by atoms with van der Waals surface area (Å²) >= 11 is 0. The molecule has 0 radical (unpaired) electrons. The lowest BCUT2D eigenvalue weighted by molar-refractivity contribution is -0.119. The fourth-order valence-corrected chi connectivity index (χ4v) is 3.15. The number of carbonyl (C=O) groups excluding carboxylic acids is 1. The van der Waals surface area contributed by atoms with E-state index in [2.05, 4.69) is 5.32 Å². The number of anilines is 1. The number of nitrogens with zero attached hydrogens (tertiary/aromatic N) is 1. The first-order valence-electron chi connectivity index (χ1n) is 7.14. The largest absolute Gasteiger partial charge is 0.383 e. The van der Waals surface area contributed by atoms with E-state index in [0.717, 1.165) is 21.3 Å². The number of nitrogens with one attached hydrogen (secondary N) is 1. The van der Waals surface area contributed by atoms with Gasteiger partial charge in [0.2, 0.25) is 15.9 Å². The molecule has 1 amide bonds. The number of fused-ring (bicyclic) bond motifs is 1. The minimum atomic E-state index is -3.59. The highest BCUT2D eigenvalue weighted by Crippen LogP contribution is 2.28. The molecule has 0 fully saturated rings. The van der Waals surface area contributed by atoms with Crippen LogP contribution < -0.4 is 9.62 Å². The van der Waals surface area contributed by atoms with Crippen LogP contribution in [0.15, 0.2) is 42.5 Å². The number of benzene rings is 2. The summed E-state index contributed by atoms with van der Waals surface area (Å²) in [7, 11) is -2.06. The first-order valence-corrected chi connectivity index (χ1v) is 8.99. The lowest BCUT2D eigenvalue weighted by Crippen LogP contribution is -2.41. The molecule has 0 atom stereocenters. The third kappa shape index (κ3) is 4.43. The van der Waals surface area contributed by atoms with Crippen molar-refractivity contribution in [1.82, 2.24) is 5.32 Å². The van der Waals surface area contributed by atoms with Crippen LogP contribution in [-0.4, -0.2) is 47.4 Å². The molecule has 0 bridgehead atoms. The van der Waals surface area contributed by atoms with Gasteiger partial charge in [0, 0.05) is 19.0 Å². The Hall–Kier alpha value is -2.12. The molecule has 1 N–H and O–H groups in total. The minimum Gasteiger partial charge on any atom is -0.383 e. The van der Waals surface area contributed by atoms with Crippen LogP contribution in [0.1, 0.15) is 0 Å². The molecule has 0 saturated heterocycles. The average molecular weight is 336 g/mol. The monoisotopic (exact) mass is 336 g/mol. The van der Waals surface area contributed by atoms with Gasteiger partial charge in [0.25, 0.3) is 0 Å². The molecule has 23 heavy (non-hydrogen) atoms. The van der Waals surface area contributed by atoms with Gasteiger partial charge in [0.15, 0.2) is 0 Å². The molecule has 0 spiro atoms. The molecule has 0 aromatic heterocycles. The van der Waals surface area contributed by atoms with Gasteiger partial charge in [0.05, 0.1) is 18.6 Å². The molecule has 0 aliphatic heterocycles. The van der Waals surface area contributed by atoms with Crippen LogP contribution >= 0.6 is 0 Å². The van der Waals surface area contributed by atoms with Crippen LogP contribution in [-0.2, 0) is 19.6 Å². The Morgan fingerprint density at radius 3 is 2.57 bits per heavy atom. The first kappa shape index (κ1) is 17.2. The van der Waals surface area contributed by atoms with E-state index in [4.69, 9.17) is 4.74 Å². The lowest BCUT2D eigenvalue weighted by Gasteiger charge is -2.23. The summed E-state index contributed by atoms with van der Waals surface area (Å²) < 4.78 is 30.3. The minimum absolute atomic E-state index is 0.267. The number of amides is 1. The Kier molecular flexibility index (Phi) is 5.57. The van der Waals surface area contributed by atoms with Crippen LogP contribution in [0.4, 0.5) is 5.69 Å². The van der Waals surface area contributed by atoms with Crippen molar-refractivity contribution in [2.24, 2.45) is 0 Å². The quantitative estimate of drug-likeness (QED) is 0.775. The molecule has 7 heteroatoms. The van der Waals surface area contributed by atoms with Gasteiger partial charge < -0.3 is 10.1 Å². The number of carbonyl (C=O) groups is 1. The molecule has 6 nitrogen and oxygen atoms in total. The highest BCUT2D eigenvalue weighted by Gasteiger charge is 2.22. The van der Waals surface area contributed by atoms with Crippen LogP contribution in [0.25, 0.3) is 10.8 Å². The van der Waals surface area contributed by atoms with Gasteiger partial charge in [-0.05, 0) is 11.5 Å². The Labute approximate surface area is 136 Å². The topological polar surface area (TPSA) is 75.7 Å². The van der Waals surface area contributed by atoms with E-state index in [1.807, 2.05) is 30.3 Å². The second kappa shape index (κ2) is 7.43. The second-order valence-corrected chi connectivity index (χ2v) is 7.02. The molecular weight excluding hydrogens is 316 g/mol. The molecular formula is C16H20N2O4S. The lowest BCUT2D eigenvalue weighted by atomic mass is 10.1. The van der Waals surface area contributed by atoms with E-state index in [-0.39, 0.29) is 12.5 Å². The molecule has 0 unspecified atom stereocenters. The van der Waals surface area contributed by atoms with Crippen LogP contribution in [0.3, 0.4) is 0 Å². The maximum absolute atomic E-state index is 12.2. The van der Waals surface area contributed by atoms with E-state index in [9.17, 15) is 13.2 Å². The summed E-state index contributed by atoms with van der Waals surface area (Å²) in [5.74, 6) is -0.375. The van der Waals surface area contributed by atoms with Gasteiger partial charge in [-0.15, -0.1) is 0 Å². The zero-order valence-electron chi connectivity index (χ0n) is 13.2. The summed E-state index contributed by atoms with van der Waals surface area (Å²) in [6, 6.07) is 12.8. The smallest absolute Gasteiger partial charge is 0.240 e. The molecule has 0 aliphatic carbocycles. The number of sulfonamides is 1. The van der Waals surface area contributed by atoms with Gasteiger partial charge in [-0.25, -0.2) is 8.42 Å². The standard InChI is InChI=1S/C16H20N2O4S/c1-22-11-10-17-16(19)12-18(23(2,20)21)15-9-5-7-13-6-3-4-8-14(13)15/h3-9H,10-12H2,1-2H3,(H,17,19). The number of hydrogen-bond acceptors (Lipinski definition) is 4. The van der Waals surface area contributed by atoms with E-state index in [1.165, 1.54) is 7.11 Å². The van der Waals surface area contributed by atoms with Crippen molar-refractivity contribution in [3.05, 3.63) is 42.5 Å². The fourth-order valence-electron chi connectivity index (χ4n) is 2.29. The first-order chi connectivity index (χ1) is 10.9. The third-order valence-electron chi connectivity index (χ3n) is 3.35. The predicted molar refractivity (Wildman–Crippen MR) is 91.0 cm³/mol. The molecule has 2 aromatic rings. The molecule has 2 aromatic carbocycles. The van der Waals surface area contributed by atoms with E-state index in [0.29, 0.717) is 18.8 Å². The van der Waals surface area contributed by atoms with E-state index >= 15 is 0 Å². The van der Waals surface area contributed by atoms with Crippen molar-refractivity contribution < 1.29 is 17.9 Å². The highest BCUT2D eigenvalue weighted by molar-refractivity contribution is 7.92. The van der Waals surface area contributed by atoms with Gasteiger partial charge >= 0.3 is 0 Å². The SMILES string of the molecule is COCCNC(=O)CN(c1cccc2ccccc12)S(C)(=O)=O. The molecule has 0 aliphatic rings. The van der Waals surface area contributed by atoms with Gasteiger partial charge in [-0.2, -0.15) is 0 Å². The summed E-state index contributed by atoms with van der Waals surface area (Å²) in [4.78, 5) is 12.0. The zero-order valence-corrected chi connectivity index (χ0v) is 14.0. The van der Waals surface area contributed by atoms with Crippen molar-refractivity contribution in [3.8, 4) is 0 Å². The fraction of sp³-hybridized carbons (Fsp3) is 0.312. The maximum Gasteiger partial charge on any atom is 0.240 e. The zero-order chi connectivity index (χ0) is 16.9. The summed E-state index contributed by atoms with van der Waals surface area (Å²) in [5.41, 5.74) is 0.493. The number of hydrogen-bond donors (Lipinski definition) is 1. The van der Waals surface area contributed by atoms with Gasteiger partial charge in [-0.3, -0.25) is 9.10 Å². The molecule has 0 heterocycles. The van der Waals surface area contributed by atoms with Crippen LogP contribution in [0.5, 0.6) is 0 Å². The van der Waals surface area contributed by atoms with Crippen molar-refractivity contribution >= 4 is 32.4 Å². The molecule has 124 valence electrons. The van der Waals surface area contributed by atoms with E-state index in [1.54, 1.807) is 12.1 Å². The Morgan fingerprint density at radius 1 is 1.17 bits per heavy atom. The maximum atomic E-state index is 12.2. The Morgan fingerprint density at radius 2 is 1.87 bits per heavy atom. The molecule has 2 rings (SSSR count). The van der Waals surface area contributed by atoms with Crippen molar-refractivity contribution in [2.45, 2.75) is 0 Å².